The first-order valence-electron chi connectivity index (χ1n) is 16.0. The average Bonchev–Trinajstić information content (AvgIpc) is 3.67. The summed E-state index contributed by atoms with van der Waals surface area (Å²) in [6.45, 7) is 7.93. The van der Waals surface area contributed by atoms with Gasteiger partial charge in [0.1, 0.15) is 18.2 Å². The van der Waals surface area contributed by atoms with Gasteiger partial charge in [0, 0.05) is 37.5 Å². The van der Waals surface area contributed by atoms with Crippen molar-refractivity contribution in [1.29, 1.82) is 0 Å². The predicted molar refractivity (Wildman–Crippen MR) is 179 cm³/mol. The molecule has 10 nitrogen and oxygen atoms in total. The van der Waals surface area contributed by atoms with E-state index in [2.05, 4.69) is 34.4 Å². The van der Waals surface area contributed by atoms with Gasteiger partial charge >= 0.3 is 5.97 Å². The third-order valence-corrected chi connectivity index (χ3v) is 10.1. The second kappa shape index (κ2) is 15.4. The number of alkyl halides is 1. The lowest BCUT2D eigenvalue weighted by atomic mass is 9.70. The van der Waals surface area contributed by atoms with E-state index in [4.69, 9.17) is 9.47 Å². The molecule has 0 aromatic heterocycles. The molecule has 3 heterocycles. The van der Waals surface area contributed by atoms with E-state index in [0.29, 0.717) is 19.4 Å². The van der Waals surface area contributed by atoms with Crippen LogP contribution >= 0.6 is 15.9 Å². The number of amides is 3. The number of halogens is 1. The third kappa shape index (κ3) is 7.07. The van der Waals surface area contributed by atoms with Crippen molar-refractivity contribution < 1.29 is 33.8 Å². The Balaban J connectivity index is 1.45. The minimum atomic E-state index is -1.25. The van der Waals surface area contributed by atoms with Gasteiger partial charge in [0.05, 0.1) is 24.0 Å². The SMILES string of the molecule is C=CCCC(=O)OC[C@@H](NC(=O)[C@@H]1[C@H]2O[C@@]3(CC2Br)[C@H](C(=O)N(CC=C)Cc2ccccc2)N(CCCO)C(=O)[C@@H]13)c1ccccc1. The molecule has 3 saturated heterocycles. The van der Waals surface area contributed by atoms with Crippen LogP contribution in [0.5, 0.6) is 0 Å². The van der Waals surface area contributed by atoms with E-state index in [1.807, 2.05) is 60.7 Å². The molecule has 0 aliphatic carbocycles. The van der Waals surface area contributed by atoms with Gasteiger partial charge in [-0.15, -0.1) is 13.2 Å². The number of hydrogen-bond acceptors (Lipinski definition) is 7. The number of hydrogen-bond donors (Lipinski definition) is 2. The van der Waals surface area contributed by atoms with Crippen molar-refractivity contribution in [3.05, 3.63) is 97.1 Å². The van der Waals surface area contributed by atoms with E-state index in [9.17, 15) is 24.3 Å². The largest absolute Gasteiger partial charge is 0.463 e. The maximum absolute atomic E-state index is 14.5. The average molecular weight is 709 g/mol. The number of nitrogens with zero attached hydrogens (tertiary/aromatic N) is 2. The van der Waals surface area contributed by atoms with Gasteiger partial charge in [0.25, 0.3) is 0 Å². The van der Waals surface area contributed by atoms with Gasteiger partial charge in [-0.3, -0.25) is 19.2 Å². The molecule has 1 spiro atoms. The smallest absolute Gasteiger partial charge is 0.306 e. The molecule has 1 unspecified atom stereocenters. The molecular weight excluding hydrogens is 666 g/mol. The van der Waals surface area contributed by atoms with Gasteiger partial charge in [0.2, 0.25) is 17.7 Å². The quantitative estimate of drug-likeness (QED) is 0.155. The third-order valence-electron chi connectivity index (χ3n) is 9.24. The van der Waals surface area contributed by atoms with E-state index in [-0.39, 0.29) is 55.8 Å². The lowest BCUT2D eigenvalue weighted by Gasteiger charge is -2.37. The van der Waals surface area contributed by atoms with Crippen LogP contribution in [-0.2, 0) is 35.2 Å². The summed E-state index contributed by atoms with van der Waals surface area (Å²) in [6.07, 6.45) is 3.90. The Hall–Kier alpha value is -3.80. The first-order chi connectivity index (χ1) is 22.7. The molecular formula is C36H42BrN3O7. The topological polar surface area (TPSA) is 125 Å². The Morgan fingerprint density at radius 3 is 2.49 bits per heavy atom. The lowest BCUT2D eigenvalue weighted by molar-refractivity contribution is -0.148. The van der Waals surface area contributed by atoms with E-state index in [0.717, 1.165) is 11.1 Å². The summed E-state index contributed by atoms with van der Waals surface area (Å²) in [7, 11) is 0. The second-order valence-corrected chi connectivity index (χ2v) is 13.4. The number of esters is 1. The zero-order chi connectivity index (χ0) is 33.6. The van der Waals surface area contributed by atoms with Gasteiger partial charge in [-0.25, -0.2) is 0 Å². The fraction of sp³-hybridized carbons (Fsp3) is 0.444. The van der Waals surface area contributed by atoms with Crippen LogP contribution in [0.3, 0.4) is 0 Å². The molecule has 7 atom stereocenters. The summed E-state index contributed by atoms with van der Waals surface area (Å²) in [5.41, 5.74) is 0.412. The van der Waals surface area contributed by atoms with Crippen molar-refractivity contribution >= 4 is 39.6 Å². The number of aliphatic hydroxyl groups excluding tert-OH is 1. The molecule has 47 heavy (non-hydrogen) atoms. The molecule has 3 aliphatic rings. The Morgan fingerprint density at radius 1 is 1.13 bits per heavy atom. The van der Waals surface area contributed by atoms with E-state index in [1.54, 1.807) is 17.1 Å². The number of allylic oxidation sites excluding steroid dienone is 1. The zero-order valence-electron chi connectivity index (χ0n) is 26.3. The fourth-order valence-electron chi connectivity index (χ4n) is 7.20. The van der Waals surface area contributed by atoms with Crippen LogP contribution in [0.1, 0.15) is 42.9 Å². The molecule has 250 valence electrons. The summed E-state index contributed by atoms with van der Waals surface area (Å²) in [5, 5.41) is 12.7. The molecule has 2 aromatic rings. The number of ether oxygens (including phenoxy) is 2. The van der Waals surface area contributed by atoms with Crippen LogP contribution in [0.2, 0.25) is 0 Å². The van der Waals surface area contributed by atoms with Crippen molar-refractivity contribution in [2.45, 2.75) is 60.8 Å². The predicted octanol–water partition coefficient (Wildman–Crippen LogP) is 3.70. The number of benzene rings is 2. The maximum Gasteiger partial charge on any atom is 0.306 e. The van der Waals surface area contributed by atoms with Gasteiger partial charge in [-0.05, 0) is 30.4 Å². The van der Waals surface area contributed by atoms with Crippen LogP contribution in [-0.4, -0.2) is 87.5 Å². The standard InChI is InChI=1S/C36H42BrN3O7/c1-3-5-17-28(42)46-23-27(25-15-10-7-11-16-25)38-33(43)29-30-34(44)40(19-12-20-41)32(36(30)21-26(37)31(29)47-36)35(45)39(18-4-2)22-24-13-8-6-9-14-24/h3-4,6-11,13-16,26-27,29-32,41H,1-2,5,12,17-23H2,(H,38,43)/t26?,27-,29+,30-,31+,32+,36-/m1/s1. The molecule has 3 fully saturated rings. The summed E-state index contributed by atoms with van der Waals surface area (Å²) in [6, 6.07) is 17.1. The molecule has 5 rings (SSSR count). The first-order valence-corrected chi connectivity index (χ1v) is 17.0. The molecule has 11 heteroatoms. The summed E-state index contributed by atoms with van der Waals surface area (Å²) < 4.78 is 12.2. The molecule has 2 aromatic carbocycles. The Morgan fingerprint density at radius 2 is 1.83 bits per heavy atom. The number of nitrogens with one attached hydrogen (secondary N) is 1. The van der Waals surface area contributed by atoms with Gasteiger partial charge in [-0.1, -0.05) is 88.7 Å². The highest BCUT2D eigenvalue weighted by atomic mass is 79.9. The molecule has 0 saturated carbocycles. The summed E-state index contributed by atoms with van der Waals surface area (Å²) >= 11 is 3.72. The van der Waals surface area contributed by atoms with E-state index >= 15 is 0 Å². The van der Waals surface area contributed by atoms with Crippen LogP contribution in [0, 0.1) is 11.8 Å². The van der Waals surface area contributed by atoms with Crippen LogP contribution < -0.4 is 5.32 Å². The van der Waals surface area contributed by atoms with Crippen molar-refractivity contribution in [1.82, 2.24) is 15.1 Å². The fourth-order valence-corrected chi connectivity index (χ4v) is 8.14. The van der Waals surface area contributed by atoms with Crippen molar-refractivity contribution in [3.63, 3.8) is 0 Å². The molecule has 3 aliphatic heterocycles. The Bertz CT molecular complexity index is 1460. The van der Waals surface area contributed by atoms with E-state index in [1.165, 1.54) is 4.90 Å². The number of carbonyl (C=O) groups is 4. The minimum Gasteiger partial charge on any atom is -0.463 e. The monoisotopic (exact) mass is 707 g/mol. The molecule has 2 N–H and O–H groups in total. The summed E-state index contributed by atoms with van der Waals surface area (Å²) in [5.74, 6) is -3.28. The normalized spacial score (nSPS) is 26.4. The van der Waals surface area contributed by atoms with Crippen molar-refractivity contribution in [2.24, 2.45) is 11.8 Å². The van der Waals surface area contributed by atoms with Gasteiger partial charge in [0.15, 0.2) is 0 Å². The number of rotatable bonds is 16. The van der Waals surface area contributed by atoms with Crippen LogP contribution in [0.4, 0.5) is 0 Å². The number of fused-ring (bicyclic) bond motifs is 1. The number of aliphatic hydroxyl groups is 1. The molecule has 3 amide bonds. The van der Waals surface area contributed by atoms with E-state index < -0.39 is 47.5 Å². The number of carbonyl (C=O) groups excluding carboxylic acids is 4. The van der Waals surface area contributed by atoms with Gasteiger partial charge < -0.3 is 29.7 Å². The number of likely N-dealkylation sites (tertiary alicyclic amines) is 1. The van der Waals surface area contributed by atoms with Gasteiger partial charge in [-0.2, -0.15) is 0 Å². The first kappa shape index (κ1) is 34.5. The Labute approximate surface area is 283 Å². The zero-order valence-corrected chi connectivity index (χ0v) is 27.9. The van der Waals surface area contributed by atoms with Crippen LogP contribution in [0.25, 0.3) is 0 Å². The Kier molecular flexibility index (Phi) is 11.3. The highest BCUT2D eigenvalue weighted by Gasteiger charge is 2.76. The van der Waals surface area contributed by atoms with Crippen molar-refractivity contribution in [2.75, 3.05) is 26.3 Å². The maximum atomic E-state index is 14.5. The minimum absolute atomic E-state index is 0.0921. The van der Waals surface area contributed by atoms with Crippen LogP contribution in [0.15, 0.2) is 86.0 Å². The highest BCUT2D eigenvalue weighted by Crippen LogP contribution is 2.60. The second-order valence-electron chi connectivity index (χ2n) is 12.2. The molecule has 2 bridgehead atoms. The highest BCUT2D eigenvalue weighted by molar-refractivity contribution is 9.09. The molecule has 0 radical (unpaired) electrons. The summed E-state index contributed by atoms with van der Waals surface area (Å²) in [4.78, 5) is 58.3. The van der Waals surface area contributed by atoms with Crippen molar-refractivity contribution in [3.8, 4) is 0 Å². The lowest BCUT2D eigenvalue weighted by Crippen LogP contribution is -2.57.